The lowest BCUT2D eigenvalue weighted by molar-refractivity contribution is 0.0290. The van der Waals surface area contributed by atoms with E-state index < -0.39 is 0 Å². The van der Waals surface area contributed by atoms with Crippen LogP contribution in [0.25, 0.3) is 0 Å². The minimum atomic E-state index is 0.0231. The number of hydrogen-bond acceptors (Lipinski definition) is 5. The highest BCUT2D eigenvalue weighted by molar-refractivity contribution is 7.97. The van der Waals surface area contributed by atoms with Crippen molar-refractivity contribution in [1.82, 2.24) is 15.1 Å². The lowest BCUT2D eigenvalue weighted by Crippen LogP contribution is -2.47. The average molecular weight is 317 g/mol. The van der Waals surface area contributed by atoms with Gasteiger partial charge < -0.3 is 15.5 Å². The van der Waals surface area contributed by atoms with Crippen molar-refractivity contribution < 1.29 is 9.63 Å². The summed E-state index contributed by atoms with van der Waals surface area (Å²) in [7, 11) is 0. The second kappa shape index (κ2) is 5.95. The van der Waals surface area contributed by atoms with Gasteiger partial charge in [0.2, 0.25) is 0 Å². The fraction of sp³-hybridized carbons (Fsp3) is 0.438. The average Bonchev–Trinajstić information content (AvgIpc) is 3.25. The highest BCUT2D eigenvalue weighted by Gasteiger charge is 2.39. The van der Waals surface area contributed by atoms with Gasteiger partial charge in [-0.15, -0.1) is 0 Å². The first-order chi connectivity index (χ1) is 10.8. The highest BCUT2D eigenvalue weighted by atomic mass is 32.2. The van der Waals surface area contributed by atoms with Gasteiger partial charge in [-0.2, -0.15) is 0 Å². The Balaban J connectivity index is 1.34. The SMILES string of the molecule is O=C(NC1CC2CNC1C2)c1ccc(SN2CC=CO2)cc1. The largest absolute Gasteiger partial charge is 0.403 e. The molecule has 0 spiro atoms. The summed E-state index contributed by atoms with van der Waals surface area (Å²) in [4.78, 5) is 18.7. The Hall–Kier alpha value is -1.50. The molecule has 5 nitrogen and oxygen atoms in total. The second-order valence-corrected chi connectivity index (χ2v) is 7.10. The van der Waals surface area contributed by atoms with E-state index in [2.05, 4.69) is 10.6 Å². The second-order valence-electron chi connectivity index (χ2n) is 6.04. The van der Waals surface area contributed by atoms with Crippen molar-refractivity contribution in [2.24, 2.45) is 5.92 Å². The summed E-state index contributed by atoms with van der Waals surface area (Å²) in [6.45, 7) is 1.88. The van der Waals surface area contributed by atoms with E-state index in [1.807, 2.05) is 30.3 Å². The molecule has 1 amide bonds. The lowest BCUT2D eigenvalue weighted by atomic mass is 10.1. The van der Waals surface area contributed by atoms with E-state index in [4.69, 9.17) is 4.84 Å². The van der Waals surface area contributed by atoms with Gasteiger partial charge in [-0.05, 0) is 67.6 Å². The van der Waals surface area contributed by atoms with Crippen LogP contribution in [-0.2, 0) is 4.84 Å². The lowest BCUT2D eigenvalue weighted by Gasteiger charge is -2.24. The molecule has 1 aromatic carbocycles. The number of hydroxylamine groups is 1. The predicted molar refractivity (Wildman–Crippen MR) is 85.0 cm³/mol. The molecule has 1 aromatic rings. The molecule has 2 aliphatic heterocycles. The minimum absolute atomic E-state index is 0.0231. The van der Waals surface area contributed by atoms with E-state index in [0.29, 0.717) is 11.6 Å². The normalized spacial score (nSPS) is 29.7. The maximum Gasteiger partial charge on any atom is 0.251 e. The van der Waals surface area contributed by atoms with Crippen LogP contribution in [-0.4, -0.2) is 35.5 Å². The fourth-order valence-corrected chi connectivity index (χ4v) is 4.14. The predicted octanol–water partition coefficient (Wildman–Crippen LogP) is 1.93. The molecule has 1 saturated carbocycles. The number of nitrogens with zero attached hydrogens (tertiary/aromatic N) is 1. The molecule has 0 radical (unpaired) electrons. The number of carbonyl (C=O) groups excluding carboxylic acids is 1. The smallest absolute Gasteiger partial charge is 0.251 e. The third-order valence-corrected chi connectivity index (χ3v) is 5.42. The van der Waals surface area contributed by atoms with E-state index in [9.17, 15) is 4.79 Å². The van der Waals surface area contributed by atoms with E-state index >= 15 is 0 Å². The van der Waals surface area contributed by atoms with Crippen molar-refractivity contribution in [1.29, 1.82) is 0 Å². The molecule has 1 saturated heterocycles. The molecule has 6 heteroatoms. The van der Waals surface area contributed by atoms with Crippen LogP contribution in [0.4, 0.5) is 0 Å². The van der Waals surface area contributed by atoms with Crippen molar-refractivity contribution >= 4 is 17.9 Å². The number of benzene rings is 1. The number of amides is 1. The summed E-state index contributed by atoms with van der Waals surface area (Å²) in [5.41, 5.74) is 0.715. The Morgan fingerprint density at radius 2 is 2.18 bits per heavy atom. The molecule has 116 valence electrons. The number of fused-ring (bicyclic) bond motifs is 2. The summed E-state index contributed by atoms with van der Waals surface area (Å²) >= 11 is 1.52. The van der Waals surface area contributed by atoms with E-state index in [-0.39, 0.29) is 11.9 Å². The van der Waals surface area contributed by atoms with Gasteiger partial charge in [0.25, 0.3) is 5.91 Å². The van der Waals surface area contributed by atoms with Crippen LogP contribution >= 0.6 is 11.9 Å². The van der Waals surface area contributed by atoms with Gasteiger partial charge in [0, 0.05) is 22.5 Å². The van der Waals surface area contributed by atoms with Crippen LogP contribution in [0.15, 0.2) is 41.5 Å². The zero-order valence-corrected chi connectivity index (χ0v) is 13.0. The van der Waals surface area contributed by atoms with Crippen LogP contribution in [0.2, 0.25) is 0 Å². The Kier molecular flexibility index (Phi) is 3.82. The van der Waals surface area contributed by atoms with Crippen molar-refractivity contribution in [2.45, 2.75) is 29.8 Å². The molecule has 2 fully saturated rings. The first-order valence-corrected chi connectivity index (χ1v) is 8.47. The summed E-state index contributed by atoms with van der Waals surface area (Å²) < 4.78 is 1.79. The summed E-state index contributed by atoms with van der Waals surface area (Å²) in [5.74, 6) is 0.762. The fourth-order valence-electron chi connectivity index (χ4n) is 3.39. The molecule has 22 heavy (non-hydrogen) atoms. The molecule has 3 unspecified atom stereocenters. The molecule has 0 aromatic heterocycles. The van der Waals surface area contributed by atoms with Crippen molar-refractivity contribution in [3.63, 3.8) is 0 Å². The molecule has 3 aliphatic rings. The molecule has 2 bridgehead atoms. The first-order valence-electron chi connectivity index (χ1n) is 7.69. The Labute approximate surface area is 134 Å². The third kappa shape index (κ3) is 2.86. The molecular weight excluding hydrogens is 298 g/mol. The molecule has 4 rings (SSSR count). The topological polar surface area (TPSA) is 53.6 Å². The van der Waals surface area contributed by atoms with Crippen LogP contribution in [0.1, 0.15) is 23.2 Å². The maximum absolute atomic E-state index is 12.3. The monoisotopic (exact) mass is 317 g/mol. The number of hydrogen-bond donors (Lipinski definition) is 2. The number of rotatable bonds is 4. The van der Waals surface area contributed by atoms with Crippen LogP contribution < -0.4 is 10.6 Å². The molecule has 2 heterocycles. The zero-order chi connectivity index (χ0) is 14.9. The number of piperidine rings is 1. The van der Waals surface area contributed by atoms with Crippen molar-refractivity contribution in [2.75, 3.05) is 13.1 Å². The summed E-state index contributed by atoms with van der Waals surface area (Å²) in [6.07, 6.45) is 5.94. The van der Waals surface area contributed by atoms with Gasteiger partial charge in [0.05, 0.1) is 6.54 Å². The van der Waals surface area contributed by atoms with Crippen LogP contribution in [0.5, 0.6) is 0 Å². The van der Waals surface area contributed by atoms with Crippen LogP contribution in [0, 0.1) is 5.92 Å². The van der Waals surface area contributed by atoms with Gasteiger partial charge in [-0.25, -0.2) is 0 Å². The molecule has 3 atom stereocenters. The Morgan fingerprint density at radius 3 is 2.82 bits per heavy atom. The van der Waals surface area contributed by atoms with Gasteiger partial charge in [0.1, 0.15) is 6.26 Å². The first kappa shape index (κ1) is 14.1. The van der Waals surface area contributed by atoms with Crippen molar-refractivity contribution in [3.8, 4) is 0 Å². The maximum atomic E-state index is 12.3. The Morgan fingerprint density at radius 1 is 1.32 bits per heavy atom. The summed E-state index contributed by atoms with van der Waals surface area (Å²) in [6, 6.07) is 8.41. The van der Waals surface area contributed by atoms with E-state index in [1.54, 1.807) is 10.7 Å². The number of nitrogens with one attached hydrogen (secondary N) is 2. The Bertz CT molecular complexity index is 582. The quantitative estimate of drug-likeness (QED) is 0.831. The standard InChI is InChI=1S/C16H19N3O2S/c20-16(18-15-9-11-8-14(15)17-10-11)12-2-4-13(5-3-12)22-19-6-1-7-21-19/h1-5,7,11,14-15,17H,6,8-10H2,(H,18,20). The van der Waals surface area contributed by atoms with E-state index in [0.717, 1.165) is 30.3 Å². The van der Waals surface area contributed by atoms with Crippen molar-refractivity contribution in [3.05, 3.63) is 42.2 Å². The third-order valence-electron chi connectivity index (χ3n) is 4.50. The summed E-state index contributed by atoms with van der Waals surface area (Å²) in [5, 5.41) is 6.63. The van der Waals surface area contributed by atoms with Crippen LogP contribution in [0.3, 0.4) is 0 Å². The molecule has 1 aliphatic carbocycles. The van der Waals surface area contributed by atoms with Gasteiger partial charge in [-0.3, -0.25) is 4.79 Å². The zero-order valence-electron chi connectivity index (χ0n) is 12.2. The number of carbonyl (C=O) groups is 1. The highest BCUT2D eigenvalue weighted by Crippen LogP contribution is 2.31. The minimum Gasteiger partial charge on any atom is -0.403 e. The van der Waals surface area contributed by atoms with E-state index in [1.165, 1.54) is 18.4 Å². The van der Waals surface area contributed by atoms with Gasteiger partial charge >= 0.3 is 0 Å². The van der Waals surface area contributed by atoms with Gasteiger partial charge in [0.15, 0.2) is 0 Å². The molecule has 2 N–H and O–H groups in total. The van der Waals surface area contributed by atoms with Gasteiger partial charge in [-0.1, -0.05) is 4.47 Å². The molecular formula is C16H19N3O2S.